The number of hydrogen-bond acceptors (Lipinski definition) is 5. The molecule has 0 bridgehead atoms. The number of aromatic nitrogens is 3. The van der Waals surface area contributed by atoms with Crippen LogP contribution >= 0.6 is 0 Å². The summed E-state index contributed by atoms with van der Waals surface area (Å²) in [5, 5.41) is 6.68. The van der Waals surface area contributed by atoms with Crippen molar-refractivity contribution >= 4 is 5.69 Å². The van der Waals surface area contributed by atoms with Gasteiger partial charge >= 0.3 is 0 Å². The smallest absolute Gasteiger partial charge is 0.262 e. The molecular formula is C14H19N5O2. The number of pyridine rings is 1. The van der Waals surface area contributed by atoms with Crippen LogP contribution in [0.2, 0.25) is 0 Å². The molecule has 3 heterocycles. The van der Waals surface area contributed by atoms with Crippen LogP contribution in [0.4, 0.5) is 5.69 Å². The molecule has 0 radical (unpaired) electrons. The molecular weight excluding hydrogens is 270 g/mol. The number of nitrogens with zero attached hydrogens (tertiary/aromatic N) is 3. The summed E-state index contributed by atoms with van der Waals surface area (Å²) in [7, 11) is 0. The van der Waals surface area contributed by atoms with Gasteiger partial charge < -0.3 is 15.0 Å². The van der Waals surface area contributed by atoms with Crippen molar-refractivity contribution in [3.63, 3.8) is 0 Å². The molecule has 3 rings (SSSR count). The minimum atomic E-state index is -0.0903. The summed E-state index contributed by atoms with van der Waals surface area (Å²) in [5.41, 5.74) is 7.44. The first kappa shape index (κ1) is 13.8. The Balaban J connectivity index is 1.80. The van der Waals surface area contributed by atoms with Crippen molar-refractivity contribution in [3.8, 4) is 11.3 Å². The lowest BCUT2D eigenvalue weighted by Crippen LogP contribution is -2.39. The molecule has 7 heteroatoms. The first-order chi connectivity index (χ1) is 10.3. The summed E-state index contributed by atoms with van der Waals surface area (Å²) in [4.78, 5) is 14.8. The fourth-order valence-corrected chi connectivity index (χ4v) is 2.50. The van der Waals surface area contributed by atoms with E-state index in [0.29, 0.717) is 23.5 Å². The van der Waals surface area contributed by atoms with E-state index in [4.69, 9.17) is 10.5 Å². The molecule has 7 nitrogen and oxygen atoms in total. The van der Waals surface area contributed by atoms with Gasteiger partial charge in [-0.15, -0.1) is 0 Å². The lowest BCUT2D eigenvalue weighted by molar-refractivity contribution is 0.0363. The summed E-state index contributed by atoms with van der Waals surface area (Å²) in [5.74, 6) is 0. The van der Waals surface area contributed by atoms with Crippen LogP contribution in [-0.4, -0.2) is 52.5 Å². The third-order valence-electron chi connectivity index (χ3n) is 3.73. The minimum absolute atomic E-state index is 0.0903. The lowest BCUT2D eigenvalue weighted by Gasteiger charge is -2.26. The second-order valence-corrected chi connectivity index (χ2v) is 5.07. The van der Waals surface area contributed by atoms with Crippen LogP contribution in [0.1, 0.15) is 0 Å². The number of nitrogen functional groups attached to an aromatic ring is 1. The summed E-state index contributed by atoms with van der Waals surface area (Å²) in [6.45, 7) is 4.82. The van der Waals surface area contributed by atoms with Gasteiger partial charge in [-0.2, -0.15) is 5.10 Å². The molecule has 1 aliphatic rings. The molecule has 0 aromatic carbocycles. The van der Waals surface area contributed by atoms with E-state index in [9.17, 15) is 4.79 Å². The number of nitrogens with two attached hydrogens (primary N) is 1. The van der Waals surface area contributed by atoms with Gasteiger partial charge in [-0.25, -0.2) is 0 Å². The Morgan fingerprint density at radius 1 is 1.29 bits per heavy atom. The van der Waals surface area contributed by atoms with Gasteiger partial charge in [0, 0.05) is 44.3 Å². The molecule has 21 heavy (non-hydrogen) atoms. The number of hydrogen-bond donors (Lipinski definition) is 2. The van der Waals surface area contributed by atoms with Gasteiger partial charge in [-0.05, 0) is 12.1 Å². The number of ether oxygens (including phenoxy) is 1. The molecule has 112 valence electrons. The molecule has 0 aliphatic carbocycles. The zero-order chi connectivity index (χ0) is 14.7. The van der Waals surface area contributed by atoms with Crippen LogP contribution in [0.25, 0.3) is 11.3 Å². The molecule has 0 amide bonds. The zero-order valence-electron chi connectivity index (χ0n) is 11.8. The summed E-state index contributed by atoms with van der Waals surface area (Å²) in [6, 6.07) is 3.51. The Bertz CT molecular complexity index is 644. The van der Waals surface area contributed by atoms with Crippen molar-refractivity contribution < 1.29 is 4.74 Å². The number of nitrogens with one attached hydrogen (secondary N) is 1. The molecule has 0 atom stereocenters. The number of morpholine rings is 1. The average molecular weight is 289 g/mol. The summed E-state index contributed by atoms with van der Waals surface area (Å²) in [6.07, 6.45) is 3.36. The second-order valence-electron chi connectivity index (χ2n) is 5.07. The van der Waals surface area contributed by atoms with E-state index in [1.165, 1.54) is 0 Å². The predicted octanol–water partition coefficient (Wildman–Crippen LogP) is 0.153. The highest BCUT2D eigenvalue weighted by molar-refractivity contribution is 5.72. The van der Waals surface area contributed by atoms with E-state index in [-0.39, 0.29) is 5.56 Å². The Kier molecular flexibility index (Phi) is 4.03. The van der Waals surface area contributed by atoms with Crippen LogP contribution in [0.15, 0.2) is 29.3 Å². The van der Waals surface area contributed by atoms with Crippen LogP contribution in [0.5, 0.6) is 0 Å². The Hall–Kier alpha value is -2.12. The quantitative estimate of drug-likeness (QED) is 0.836. The van der Waals surface area contributed by atoms with Gasteiger partial charge in [-0.3, -0.25) is 14.8 Å². The molecule has 3 N–H and O–H groups in total. The number of rotatable bonds is 4. The molecule has 0 spiro atoms. The maximum atomic E-state index is 12.6. The van der Waals surface area contributed by atoms with Gasteiger partial charge in [0.15, 0.2) is 0 Å². The Labute approximate surface area is 122 Å². The van der Waals surface area contributed by atoms with Gasteiger partial charge in [0.1, 0.15) is 0 Å². The molecule has 2 aromatic rings. The monoisotopic (exact) mass is 289 g/mol. The fraction of sp³-hybridized carbons (Fsp3) is 0.429. The van der Waals surface area contributed by atoms with Gasteiger partial charge in [-0.1, -0.05) is 0 Å². The van der Waals surface area contributed by atoms with Crippen LogP contribution in [0.3, 0.4) is 0 Å². The normalized spacial score (nSPS) is 16.2. The Morgan fingerprint density at radius 2 is 2.10 bits per heavy atom. The number of anilines is 1. The standard InChI is InChI=1S/C14H19N5O2/c15-11-2-4-19(6-5-18-7-9-21-10-8-18)14(20)13(11)12-1-3-16-17-12/h1-4H,5-10,15H2,(H,16,17). The molecule has 1 saturated heterocycles. The maximum absolute atomic E-state index is 12.6. The van der Waals surface area contributed by atoms with E-state index >= 15 is 0 Å². The average Bonchev–Trinajstić information content (AvgIpc) is 3.02. The van der Waals surface area contributed by atoms with Crippen LogP contribution in [-0.2, 0) is 11.3 Å². The van der Waals surface area contributed by atoms with E-state index < -0.39 is 0 Å². The molecule has 0 unspecified atom stereocenters. The molecule has 2 aromatic heterocycles. The van der Waals surface area contributed by atoms with Crippen molar-refractivity contribution in [2.75, 3.05) is 38.6 Å². The maximum Gasteiger partial charge on any atom is 0.262 e. The topological polar surface area (TPSA) is 89.2 Å². The third kappa shape index (κ3) is 2.98. The number of H-pyrrole nitrogens is 1. The third-order valence-corrected chi connectivity index (χ3v) is 3.73. The van der Waals surface area contributed by atoms with Gasteiger partial charge in [0.2, 0.25) is 0 Å². The highest BCUT2D eigenvalue weighted by atomic mass is 16.5. The predicted molar refractivity (Wildman–Crippen MR) is 80.0 cm³/mol. The first-order valence-corrected chi connectivity index (χ1v) is 7.04. The number of aromatic amines is 1. The van der Waals surface area contributed by atoms with Gasteiger partial charge in [0.05, 0.1) is 24.5 Å². The van der Waals surface area contributed by atoms with Crippen molar-refractivity contribution in [1.29, 1.82) is 0 Å². The van der Waals surface area contributed by atoms with E-state index in [1.807, 2.05) is 0 Å². The van der Waals surface area contributed by atoms with Crippen LogP contribution < -0.4 is 11.3 Å². The van der Waals surface area contributed by atoms with Crippen molar-refractivity contribution in [2.45, 2.75) is 6.54 Å². The van der Waals surface area contributed by atoms with Crippen LogP contribution in [0, 0.1) is 0 Å². The van der Waals surface area contributed by atoms with Crippen molar-refractivity contribution in [1.82, 2.24) is 19.7 Å². The van der Waals surface area contributed by atoms with Gasteiger partial charge in [0.25, 0.3) is 5.56 Å². The van der Waals surface area contributed by atoms with E-state index in [1.54, 1.807) is 29.1 Å². The summed E-state index contributed by atoms with van der Waals surface area (Å²) >= 11 is 0. The second kappa shape index (κ2) is 6.11. The van der Waals surface area contributed by atoms with E-state index in [0.717, 1.165) is 32.8 Å². The molecule has 0 saturated carbocycles. The first-order valence-electron chi connectivity index (χ1n) is 7.04. The van der Waals surface area contributed by atoms with Crippen molar-refractivity contribution in [3.05, 3.63) is 34.9 Å². The minimum Gasteiger partial charge on any atom is -0.398 e. The zero-order valence-corrected chi connectivity index (χ0v) is 11.8. The molecule has 1 fully saturated rings. The SMILES string of the molecule is Nc1ccn(CCN2CCOCC2)c(=O)c1-c1ccn[nH]1. The fourth-order valence-electron chi connectivity index (χ4n) is 2.50. The van der Waals surface area contributed by atoms with Crippen molar-refractivity contribution in [2.24, 2.45) is 0 Å². The largest absolute Gasteiger partial charge is 0.398 e. The highest BCUT2D eigenvalue weighted by Gasteiger charge is 2.14. The highest BCUT2D eigenvalue weighted by Crippen LogP contribution is 2.18. The lowest BCUT2D eigenvalue weighted by atomic mass is 10.1. The summed E-state index contributed by atoms with van der Waals surface area (Å²) < 4.78 is 7.02. The van der Waals surface area contributed by atoms with E-state index in [2.05, 4.69) is 15.1 Å². The Morgan fingerprint density at radius 3 is 2.81 bits per heavy atom. The molecule has 1 aliphatic heterocycles.